The molecule has 0 spiro atoms. The Balaban J connectivity index is 1.94. The van der Waals surface area contributed by atoms with Crippen LogP contribution in [-0.2, 0) is 11.4 Å². The molecule has 1 N–H and O–H groups in total. The molecule has 2 rings (SSSR count). The number of phenols is 1. The Bertz CT molecular complexity index is 541. The van der Waals surface area contributed by atoms with Gasteiger partial charge in [0.2, 0.25) is 0 Å². The van der Waals surface area contributed by atoms with Crippen LogP contribution < -0.4 is 0 Å². The smallest absolute Gasteiger partial charge is 0.142 e. The van der Waals surface area contributed by atoms with Gasteiger partial charge in [-0.3, -0.25) is 0 Å². The predicted octanol–water partition coefficient (Wildman–Crippen LogP) is 3.71. The molecule has 0 radical (unpaired) electrons. The van der Waals surface area contributed by atoms with Crippen molar-refractivity contribution in [3.8, 4) is 5.75 Å². The molecule has 4 heteroatoms. The van der Waals surface area contributed by atoms with Crippen molar-refractivity contribution in [3.05, 3.63) is 64.1 Å². The molecular weight excluding hydrogens is 294 g/mol. The minimum absolute atomic E-state index is 0.172. The largest absolute Gasteiger partial charge is 0.507 e. The first-order valence-corrected chi connectivity index (χ1v) is 6.23. The van der Waals surface area contributed by atoms with E-state index in [-0.39, 0.29) is 5.75 Å². The van der Waals surface area contributed by atoms with E-state index in [0.29, 0.717) is 12.2 Å². The number of nitrogens with zero attached hydrogens (tertiary/aromatic N) is 1. The number of rotatable bonds is 4. The fourth-order valence-electron chi connectivity index (χ4n) is 1.41. The lowest BCUT2D eigenvalue weighted by atomic mass is 10.2. The highest BCUT2D eigenvalue weighted by Crippen LogP contribution is 2.20. The van der Waals surface area contributed by atoms with Crippen LogP contribution in [0.25, 0.3) is 0 Å². The lowest BCUT2D eigenvalue weighted by Gasteiger charge is -2.00. The van der Waals surface area contributed by atoms with Gasteiger partial charge in [-0.05, 0) is 23.8 Å². The molecule has 0 saturated carbocycles. The molecule has 3 nitrogen and oxygen atoms in total. The first kappa shape index (κ1) is 12.6. The van der Waals surface area contributed by atoms with Crippen molar-refractivity contribution in [2.45, 2.75) is 6.61 Å². The van der Waals surface area contributed by atoms with E-state index in [1.807, 2.05) is 30.3 Å². The summed E-state index contributed by atoms with van der Waals surface area (Å²) >= 11 is 3.33. The summed E-state index contributed by atoms with van der Waals surface area (Å²) in [6.45, 7) is 0.409. The number of benzene rings is 2. The van der Waals surface area contributed by atoms with Gasteiger partial charge in [0.1, 0.15) is 12.4 Å². The van der Waals surface area contributed by atoms with Gasteiger partial charge in [-0.15, -0.1) is 0 Å². The number of phenolic OH excluding ortho intramolecular Hbond substituents is 1. The molecule has 0 unspecified atom stereocenters. The number of hydrogen-bond acceptors (Lipinski definition) is 3. The summed E-state index contributed by atoms with van der Waals surface area (Å²) in [5.41, 5.74) is 1.66. The molecule has 2 aromatic rings. The lowest BCUT2D eigenvalue weighted by molar-refractivity contribution is 0.132. The molecule has 2 aromatic carbocycles. The molecule has 92 valence electrons. The fraction of sp³-hybridized carbons (Fsp3) is 0.0714. The third-order valence-corrected chi connectivity index (χ3v) is 2.82. The Morgan fingerprint density at radius 1 is 1.17 bits per heavy atom. The maximum absolute atomic E-state index is 9.58. The molecule has 0 aliphatic heterocycles. The summed E-state index contributed by atoms with van der Waals surface area (Å²) in [6.07, 6.45) is 1.49. The van der Waals surface area contributed by atoms with Gasteiger partial charge in [-0.2, -0.15) is 0 Å². The van der Waals surface area contributed by atoms with Crippen LogP contribution in [0.3, 0.4) is 0 Å². The van der Waals surface area contributed by atoms with Crippen LogP contribution in [0.1, 0.15) is 11.1 Å². The fourth-order valence-corrected chi connectivity index (χ4v) is 1.79. The van der Waals surface area contributed by atoms with Gasteiger partial charge in [0, 0.05) is 10.0 Å². The van der Waals surface area contributed by atoms with Crippen LogP contribution in [-0.4, -0.2) is 11.3 Å². The van der Waals surface area contributed by atoms with E-state index in [0.717, 1.165) is 10.0 Å². The van der Waals surface area contributed by atoms with Crippen molar-refractivity contribution in [2.75, 3.05) is 0 Å². The Labute approximate surface area is 114 Å². The van der Waals surface area contributed by atoms with Crippen molar-refractivity contribution < 1.29 is 9.94 Å². The third-order valence-electron chi connectivity index (χ3n) is 2.33. The summed E-state index contributed by atoms with van der Waals surface area (Å²) in [7, 11) is 0. The highest BCUT2D eigenvalue weighted by molar-refractivity contribution is 9.10. The monoisotopic (exact) mass is 305 g/mol. The highest BCUT2D eigenvalue weighted by atomic mass is 79.9. The Morgan fingerprint density at radius 2 is 1.94 bits per heavy atom. The second-order valence-electron chi connectivity index (χ2n) is 3.70. The second-order valence-corrected chi connectivity index (χ2v) is 4.61. The van der Waals surface area contributed by atoms with Crippen molar-refractivity contribution in [2.24, 2.45) is 5.16 Å². The van der Waals surface area contributed by atoms with E-state index in [1.54, 1.807) is 18.2 Å². The van der Waals surface area contributed by atoms with E-state index in [2.05, 4.69) is 21.1 Å². The van der Waals surface area contributed by atoms with Crippen LogP contribution in [0.4, 0.5) is 0 Å². The lowest BCUT2D eigenvalue weighted by Crippen LogP contribution is -1.88. The number of oxime groups is 1. The van der Waals surface area contributed by atoms with Crippen LogP contribution in [0.5, 0.6) is 5.75 Å². The average molecular weight is 306 g/mol. The average Bonchev–Trinajstić information content (AvgIpc) is 2.40. The Hall–Kier alpha value is -1.81. The van der Waals surface area contributed by atoms with E-state index >= 15 is 0 Å². The number of halogens is 1. The van der Waals surface area contributed by atoms with Gasteiger partial charge in [0.25, 0.3) is 0 Å². The molecule has 0 bridgehead atoms. The third kappa shape index (κ3) is 3.60. The first-order valence-electron chi connectivity index (χ1n) is 5.43. The van der Waals surface area contributed by atoms with Crippen molar-refractivity contribution in [1.82, 2.24) is 0 Å². The minimum Gasteiger partial charge on any atom is -0.507 e. The van der Waals surface area contributed by atoms with Crippen LogP contribution >= 0.6 is 15.9 Å². The normalized spacial score (nSPS) is 10.7. The molecule has 0 atom stereocenters. The highest BCUT2D eigenvalue weighted by Gasteiger charge is 1.98. The summed E-state index contributed by atoms with van der Waals surface area (Å²) in [6, 6.07) is 14.9. The molecule has 0 fully saturated rings. The number of hydrogen-bond donors (Lipinski definition) is 1. The molecular formula is C14H12BrNO2. The first-order chi connectivity index (χ1) is 8.75. The zero-order valence-electron chi connectivity index (χ0n) is 9.58. The zero-order valence-corrected chi connectivity index (χ0v) is 11.2. The van der Waals surface area contributed by atoms with Gasteiger partial charge in [0.15, 0.2) is 0 Å². The zero-order chi connectivity index (χ0) is 12.8. The SMILES string of the molecule is Oc1ccc(Br)cc1/C=N/OCc1ccccc1. The summed E-state index contributed by atoms with van der Waals surface area (Å²) in [4.78, 5) is 5.16. The van der Waals surface area contributed by atoms with Crippen molar-refractivity contribution in [1.29, 1.82) is 0 Å². The predicted molar refractivity (Wildman–Crippen MR) is 74.6 cm³/mol. The standard InChI is InChI=1S/C14H12BrNO2/c15-13-6-7-14(17)12(8-13)9-16-18-10-11-4-2-1-3-5-11/h1-9,17H,10H2/b16-9+. The van der Waals surface area contributed by atoms with E-state index in [9.17, 15) is 5.11 Å². The van der Waals surface area contributed by atoms with Gasteiger partial charge in [-0.25, -0.2) is 0 Å². The van der Waals surface area contributed by atoms with Gasteiger partial charge in [0.05, 0.1) is 6.21 Å². The molecule has 0 aliphatic rings. The van der Waals surface area contributed by atoms with Gasteiger partial charge in [-0.1, -0.05) is 51.4 Å². The molecule has 0 amide bonds. The van der Waals surface area contributed by atoms with Crippen LogP contribution in [0.15, 0.2) is 58.2 Å². The minimum atomic E-state index is 0.172. The Morgan fingerprint density at radius 3 is 2.72 bits per heavy atom. The second kappa shape index (κ2) is 6.21. The van der Waals surface area contributed by atoms with Crippen molar-refractivity contribution >= 4 is 22.1 Å². The summed E-state index contributed by atoms with van der Waals surface area (Å²) < 4.78 is 0.879. The summed E-state index contributed by atoms with van der Waals surface area (Å²) in [5, 5.41) is 13.4. The maximum atomic E-state index is 9.58. The molecule has 0 aliphatic carbocycles. The quantitative estimate of drug-likeness (QED) is 0.691. The topological polar surface area (TPSA) is 41.8 Å². The molecule has 18 heavy (non-hydrogen) atoms. The molecule has 0 saturated heterocycles. The molecule has 0 aromatic heterocycles. The van der Waals surface area contributed by atoms with Crippen LogP contribution in [0.2, 0.25) is 0 Å². The number of aromatic hydroxyl groups is 1. The van der Waals surface area contributed by atoms with E-state index < -0.39 is 0 Å². The molecule has 0 heterocycles. The van der Waals surface area contributed by atoms with Gasteiger partial charge < -0.3 is 9.94 Å². The van der Waals surface area contributed by atoms with Crippen LogP contribution in [0, 0.1) is 0 Å². The van der Waals surface area contributed by atoms with E-state index in [1.165, 1.54) is 6.21 Å². The summed E-state index contributed by atoms with van der Waals surface area (Å²) in [5.74, 6) is 0.172. The van der Waals surface area contributed by atoms with E-state index in [4.69, 9.17) is 4.84 Å². The van der Waals surface area contributed by atoms with Crippen molar-refractivity contribution in [3.63, 3.8) is 0 Å². The maximum Gasteiger partial charge on any atom is 0.142 e. The van der Waals surface area contributed by atoms with Gasteiger partial charge >= 0.3 is 0 Å². The Kier molecular flexibility index (Phi) is 4.36.